The lowest BCUT2D eigenvalue weighted by Gasteiger charge is -2.22. The Morgan fingerprint density at radius 2 is 1.82 bits per heavy atom. The SMILES string of the molecule is CC(CC(=O)Nc1cc(C(C)C)nn1C(C)C)CC(C)(C)C. The number of hydrogen-bond donors (Lipinski definition) is 1. The lowest BCUT2D eigenvalue weighted by molar-refractivity contribution is -0.117. The monoisotopic (exact) mass is 307 g/mol. The summed E-state index contributed by atoms with van der Waals surface area (Å²) in [4.78, 5) is 12.3. The lowest BCUT2D eigenvalue weighted by Crippen LogP contribution is -2.20. The molecule has 4 heteroatoms. The van der Waals surface area contributed by atoms with Gasteiger partial charge in [-0.3, -0.25) is 4.79 Å². The standard InChI is InChI=1S/C18H33N3O/c1-12(2)15-10-16(21(20-15)13(3)4)19-17(22)9-14(5)11-18(6,7)8/h10,12-14H,9,11H2,1-8H3,(H,19,22). The first kappa shape index (κ1) is 18.7. The van der Waals surface area contributed by atoms with E-state index in [4.69, 9.17) is 0 Å². The molecule has 1 aromatic rings. The molecular weight excluding hydrogens is 274 g/mol. The summed E-state index contributed by atoms with van der Waals surface area (Å²) in [5, 5.41) is 7.65. The van der Waals surface area contributed by atoms with E-state index in [0.717, 1.165) is 17.9 Å². The average molecular weight is 307 g/mol. The molecule has 22 heavy (non-hydrogen) atoms. The third-order valence-corrected chi connectivity index (χ3v) is 3.60. The van der Waals surface area contributed by atoms with Gasteiger partial charge in [0, 0.05) is 18.5 Å². The van der Waals surface area contributed by atoms with Gasteiger partial charge in [-0.2, -0.15) is 5.10 Å². The molecule has 1 aromatic heterocycles. The van der Waals surface area contributed by atoms with Gasteiger partial charge in [0.15, 0.2) is 0 Å². The fraction of sp³-hybridized carbons (Fsp3) is 0.778. The van der Waals surface area contributed by atoms with Crippen LogP contribution < -0.4 is 5.32 Å². The summed E-state index contributed by atoms with van der Waals surface area (Å²) in [5.41, 5.74) is 1.27. The van der Waals surface area contributed by atoms with Crippen molar-refractivity contribution in [2.45, 2.75) is 80.2 Å². The van der Waals surface area contributed by atoms with Crippen molar-refractivity contribution in [3.8, 4) is 0 Å². The van der Waals surface area contributed by atoms with Crippen molar-refractivity contribution >= 4 is 11.7 Å². The summed E-state index contributed by atoms with van der Waals surface area (Å²) in [6.45, 7) is 17.2. The molecular formula is C18H33N3O. The Hall–Kier alpha value is -1.32. The highest BCUT2D eigenvalue weighted by molar-refractivity contribution is 5.90. The Kier molecular flexibility index (Phi) is 6.21. The third-order valence-electron chi connectivity index (χ3n) is 3.60. The van der Waals surface area contributed by atoms with Crippen LogP contribution in [-0.4, -0.2) is 15.7 Å². The molecule has 0 aliphatic heterocycles. The molecule has 0 radical (unpaired) electrons. The van der Waals surface area contributed by atoms with Crippen LogP contribution in [0.4, 0.5) is 5.82 Å². The van der Waals surface area contributed by atoms with Gasteiger partial charge in [0.05, 0.1) is 5.69 Å². The van der Waals surface area contributed by atoms with Crippen LogP contribution in [0, 0.1) is 11.3 Å². The second-order valence-corrected chi connectivity index (χ2v) is 8.27. The topological polar surface area (TPSA) is 46.9 Å². The molecule has 1 atom stereocenters. The van der Waals surface area contributed by atoms with E-state index in [9.17, 15) is 4.79 Å². The van der Waals surface area contributed by atoms with Crippen LogP contribution in [0.3, 0.4) is 0 Å². The number of nitrogens with zero attached hydrogens (tertiary/aromatic N) is 2. The van der Waals surface area contributed by atoms with Crippen molar-refractivity contribution in [2.75, 3.05) is 5.32 Å². The van der Waals surface area contributed by atoms with Crippen molar-refractivity contribution < 1.29 is 4.79 Å². The number of hydrogen-bond acceptors (Lipinski definition) is 2. The zero-order chi connectivity index (χ0) is 17.1. The number of nitrogens with one attached hydrogen (secondary N) is 1. The zero-order valence-corrected chi connectivity index (χ0v) is 15.5. The van der Waals surface area contributed by atoms with Gasteiger partial charge >= 0.3 is 0 Å². The average Bonchev–Trinajstić information content (AvgIpc) is 2.69. The van der Waals surface area contributed by atoms with Crippen LogP contribution in [0.2, 0.25) is 0 Å². The van der Waals surface area contributed by atoms with Crippen molar-refractivity contribution in [3.05, 3.63) is 11.8 Å². The minimum atomic E-state index is 0.0776. The fourth-order valence-electron chi connectivity index (χ4n) is 2.81. The first-order valence-electron chi connectivity index (χ1n) is 8.39. The summed E-state index contributed by atoms with van der Waals surface area (Å²) in [7, 11) is 0. The van der Waals surface area contributed by atoms with Crippen molar-refractivity contribution in [3.63, 3.8) is 0 Å². The Labute approximate surface area is 135 Å². The number of rotatable bonds is 6. The molecule has 0 saturated carbocycles. The summed E-state index contributed by atoms with van der Waals surface area (Å²) in [5.74, 6) is 1.62. The molecule has 0 aliphatic carbocycles. The zero-order valence-electron chi connectivity index (χ0n) is 15.5. The quantitative estimate of drug-likeness (QED) is 0.805. The molecule has 0 spiro atoms. The largest absolute Gasteiger partial charge is 0.311 e. The van der Waals surface area contributed by atoms with Crippen molar-refractivity contribution in [1.29, 1.82) is 0 Å². The van der Waals surface area contributed by atoms with Crippen LogP contribution in [-0.2, 0) is 4.79 Å². The molecule has 1 unspecified atom stereocenters. The van der Waals surface area contributed by atoms with Gasteiger partial charge in [0.1, 0.15) is 5.82 Å². The Morgan fingerprint density at radius 3 is 2.27 bits per heavy atom. The predicted octanol–water partition coefficient (Wildman–Crippen LogP) is 4.99. The predicted molar refractivity (Wildman–Crippen MR) is 93.2 cm³/mol. The van der Waals surface area contributed by atoms with E-state index < -0.39 is 0 Å². The number of carbonyl (C=O) groups excluding carboxylic acids is 1. The second kappa shape index (κ2) is 7.30. The summed E-state index contributed by atoms with van der Waals surface area (Å²) in [6, 6.07) is 2.23. The number of aromatic nitrogens is 2. The van der Waals surface area contributed by atoms with Crippen LogP contribution in [0.5, 0.6) is 0 Å². The van der Waals surface area contributed by atoms with Crippen LogP contribution in [0.1, 0.15) is 85.9 Å². The highest BCUT2D eigenvalue weighted by atomic mass is 16.1. The Morgan fingerprint density at radius 1 is 1.23 bits per heavy atom. The minimum Gasteiger partial charge on any atom is -0.311 e. The van der Waals surface area contributed by atoms with Crippen molar-refractivity contribution in [1.82, 2.24) is 9.78 Å². The summed E-state index contributed by atoms with van der Waals surface area (Å²) < 4.78 is 1.90. The first-order chi connectivity index (χ1) is 9.99. The molecule has 1 heterocycles. The van der Waals surface area contributed by atoms with E-state index in [0.29, 0.717) is 18.3 Å². The molecule has 4 nitrogen and oxygen atoms in total. The Balaban J connectivity index is 2.75. The van der Waals surface area contributed by atoms with E-state index in [1.165, 1.54) is 0 Å². The minimum absolute atomic E-state index is 0.0776. The van der Waals surface area contributed by atoms with E-state index >= 15 is 0 Å². The van der Waals surface area contributed by atoms with Gasteiger partial charge in [0.2, 0.25) is 5.91 Å². The van der Waals surface area contributed by atoms with Crippen LogP contribution in [0.25, 0.3) is 0 Å². The number of amides is 1. The number of anilines is 1. The maximum atomic E-state index is 12.3. The van der Waals surface area contributed by atoms with Gasteiger partial charge in [-0.25, -0.2) is 4.68 Å². The normalized spacial score (nSPS) is 13.7. The Bertz CT molecular complexity index is 495. The highest BCUT2D eigenvalue weighted by Gasteiger charge is 2.19. The molecule has 0 fully saturated rings. The molecule has 0 saturated heterocycles. The summed E-state index contributed by atoms with van der Waals surface area (Å²) >= 11 is 0. The fourth-order valence-corrected chi connectivity index (χ4v) is 2.81. The number of carbonyl (C=O) groups is 1. The van der Waals surface area contributed by atoms with E-state index in [-0.39, 0.29) is 17.4 Å². The van der Waals surface area contributed by atoms with Gasteiger partial charge in [-0.15, -0.1) is 0 Å². The maximum Gasteiger partial charge on any atom is 0.225 e. The molecule has 0 aromatic carbocycles. The molecule has 1 rings (SSSR count). The van der Waals surface area contributed by atoms with Crippen LogP contribution >= 0.6 is 0 Å². The highest BCUT2D eigenvalue weighted by Crippen LogP contribution is 2.27. The molecule has 0 aliphatic rings. The molecule has 1 N–H and O–H groups in total. The smallest absolute Gasteiger partial charge is 0.225 e. The van der Waals surface area contributed by atoms with E-state index in [1.54, 1.807) is 0 Å². The maximum absolute atomic E-state index is 12.3. The van der Waals surface area contributed by atoms with Gasteiger partial charge in [-0.1, -0.05) is 41.5 Å². The van der Waals surface area contributed by atoms with E-state index in [2.05, 4.69) is 65.8 Å². The van der Waals surface area contributed by atoms with Gasteiger partial charge in [0.25, 0.3) is 0 Å². The second-order valence-electron chi connectivity index (χ2n) is 8.27. The molecule has 1 amide bonds. The molecule has 126 valence electrons. The first-order valence-corrected chi connectivity index (χ1v) is 8.39. The lowest BCUT2D eigenvalue weighted by atomic mass is 9.84. The third kappa shape index (κ3) is 5.82. The van der Waals surface area contributed by atoms with Gasteiger partial charge in [-0.05, 0) is 37.5 Å². The van der Waals surface area contributed by atoms with Gasteiger partial charge < -0.3 is 5.32 Å². The molecule has 0 bridgehead atoms. The van der Waals surface area contributed by atoms with Crippen LogP contribution in [0.15, 0.2) is 6.07 Å². The van der Waals surface area contributed by atoms with E-state index in [1.807, 2.05) is 10.7 Å². The summed E-state index contributed by atoms with van der Waals surface area (Å²) in [6.07, 6.45) is 1.60. The van der Waals surface area contributed by atoms with Crippen molar-refractivity contribution in [2.24, 2.45) is 11.3 Å².